The van der Waals surface area contributed by atoms with Crippen molar-refractivity contribution in [3.8, 4) is 0 Å². The van der Waals surface area contributed by atoms with Gasteiger partial charge in [-0.3, -0.25) is 0 Å². The van der Waals surface area contributed by atoms with Crippen LogP contribution in [0.5, 0.6) is 0 Å². The third kappa shape index (κ3) is 4.36. The number of unbranched alkanes of at least 4 members (excludes halogenated alkanes) is 1. The van der Waals surface area contributed by atoms with Crippen LogP contribution in [-0.4, -0.2) is 36.9 Å². The molecule has 2 atom stereocenters. The quantitative estimate of drug-likeness (QED) is 0.713. The monoisotopic (exact) mass is 374 g/mol. The second-order valence-electron chi connectivity index (χ2n) is 8.84. The fraction of sp³-hybridized carbons (Fsp3) is 0.682. The molecular weight excluding hydrogens is 340 g/mol. The van der Waals surface area contributed by atoms with Crippen LogP contribution in [0.25, 0.3) is 11.1 Å². The third-order valence-electron chi connectivity index (χ3n) is 5.65. The lowest BCUT2D eigenvalue weighted by molar-refractivity contribution is -0.0428. The standard InChI is InChI=1S/C22H34N2O3/c1-21(2,3)20-24-18-11-7-10-17(19(18)27-20)22(25,12-5-6-14-26-4)16-9-8-13-23-15-16/h7,10-11,16,23,25H,5-6,8-9,12-15H2,1-4H3/t16-,22+/m1/s1. The van der Waals surface area contributed by atoms with Crippen molar-refractivity contribution in [2.75, 3.05) is 26.8 Å². The molecule has 0 radical (unpaired) electrons. The highest BCUT2D eigenvalue weighted by Crippen LogP contribution is 2.42. The molecule has 3 rings (SSSR count). The number of fused-ring (bicyclic) bond motifs is 1. The fourth-order valence-corrected chi connectivity index (χ4v) is 4.07. The molecule has 2 heterocycles. The topological polar surface area (TPSA) is 67.5 Å². The van der Waals surface area contributed by atoms with Gasteiger partial charge in [0, 0.05) is 37.2 Å². The number of aliphatic hydroxyl groups is 1. The first-order valence-corrected chi connectivity index (χ1v) is 10.2. The molecule has 0 aliphatic carbocycles. The molecule has 1 aliphatic heterocycles. The number of hydrogen-bond donors (Lipinski definition) is 2. The molecule has 5 nitrogen and oxygen atoms in total. The van der Waals surface area contributed by atoms with E-state index in [0.717, 1.165) is 62.0 Å². The molecule has 0 unspecified atom stereocenters. The Balaban J connectivity index is 2.01. The maximum Gasteiger partial charge on any atom is 0.200 e. The number of nitrogens with one attached hydrogen (secondary N) is 1. The molecule has 1 fully saturated rings. The number of oxazole rings is 1. The largest absolute Gasteiger partial charge is 0.440 e. The number of benzene rings is 1. The second kappa shape index (κ2) is 8.29. The van der Waals surface area contributed by atoms with E-state index in [9.17, 15) is 5.11 Å². The van der Waals surface area contributed by atoms with Gasteiger partial charge in [0.15, 0.2) is 5.58 Å². The van der Waals surface area contributed by atoms with Crippen LogP contribution in [0.3, 0.4) is 0 Å². The Kier molecular flexibility index (Phi) is 6.24. The normalized spacial score (nSPS) is 20.7. The predicted octanol–water partition coefficient (Wildman–Crippen LogP) is 4.13. The Bertz CT molecular complexity index is 744. The zero-order valence-electron chi connectivity index (χ0n) is 17.2. The summed E-state index contributed by atoms with van der Waals surface area (Å²) in [5, 5.41) is 15.4. The first kappa shape index (κ1) is 20.3. The highest BCUT2D eigenvalue weighted by molar-refractivity contribution is 5.77. The lowest BCUT2D eigenvalue weighted by atomic mass is 9.74. The molecule has 1 saturated heterocycles. The number of piperidine rings is 1. The fourth-order valence-electron chi connectivity index (χ4n) is 4.07. The smallest absolute Gasteiger partial charge is 0.200 e. The summed E-state index contributed by atoms with van der Waals surface area (Å²) in [5.74, 6) is 0.885. The lowest BCUT2D eigenvalue weighted by Gasteiger charge is -2.39. The minimum Gasteiger partial charge on any atom is -0.440 e. The van der Waals surface area contributed by atoms with Gasteiger partial charge in [0.1, 0.15) is 5.52 Å². The van der Waals surface area contributed by atoms with Crippen LogP contribution in [-0.2, 0) is 15.8 Å². The summed E-state index contributed by atoms with van der Waals surface area (Å²) in [6.07, 6.45) is 4.67. The van der Waals surface area contributed by atoms with Gasteiger partial charge in [-0.05, 0) is 44.7 Å². The summed E-state index contributed by atoms with van der Waals surface area (Å²) in [7, 11) is 1.72. The van der Waals surface area contributed by atoms with Gasteiger partial charge in [-0.15, -0.1) is 0 Å². The molecule has 1 aliphatic rings. The van der Waals surface area contributed by atoms with Crippen LogP contribution >= 0.6 is 0 Å². The van der Waals surface area contributed by atoms with Crippen LogP contribution < -0.4 is 5.32 Å². The average Bonchev–Trinajstić information content (AvgIpc) is 3.10. The molecule has 0 saturated carbocycles. The third-order valence-corrected chi connectivity index (χ3v) is 5.65. The van der Waals surface area contributed by atoms with Gasteiger partial charge < -0.3 is 19.6 Å². The first-order valence-electron chi connectivity index (χ1n) is 10.2. The summed E-state index contributed by atoms with van der Waals surface area (Å²) in [5.41, 5.74) is 1.36. The van der Waals surface area contributed by atoms with Crippen molar-refractivity contribution >= 4 is 11.1 Å². The Hall–Kier alpha value is -1.43. The van der Waals surface area contributed by atoms with Crippen LogP contribution in [0.2, 0.25) is 0 Å². The van der Waals surface area contributed by atoms with E-state index in [0.29, 0.717) is 12.3 Å². The maximum atomic E-state index is 11.9. The zero-order valence-corrected chi connectivity index (χ0v) is 17.2. The van der Waals surface area contributed by atoms with E-state index in [-0.39, 0.29) is 11.3 Å². The van der Waals surface area contributed by atoms with Crippen molar-refractivity contribution in [2.24, 2.45) is 5.92 Å². The Morgan fingerprint density at radius 2 is 2.11 bits per heavy atom. The highest BCUT2D eigenvalue weighted by atomic mass is 16.5. The van der Waals surface area contributed by atoms with Gasteiger partial charge in [-0.1, -0.05) is 32.9 Å². The van der Waals surface area contributed by atoms with Crippen molar-refractivity contribution in [3.63, 3.8) is 0 Å². The molecule has 27 heavy (non-hydrogen) atoms. The molecule has 150 valence electrons. The van der Waals surface area contributed by atoms with Crippen molar-refractivity contribution in [1.29, 1.82) is 0 Å². The molecule has 0 bridgehead atoms. The van der Waals surface area contributed by atoms with Gasteiger partial charge in [-0.2, -0.15) is 0 Å². The maximum absolute atomic E-state index is 11.9. The van der Waals surface area contributed by atoms with Crippen molar-refractivity contribution in [2.45, 2.75) is 63.9 Å². The van der Waals surface area contributed by atoms with Crippen LogP contribution in [0.15, 0.2) is 22.6 Å². The van der Waals surface area contributed by atoms with Gasteiger partial charge >= 0.3 is 0 Å². The van der Waals surface area contributed by atoms with E-state index in [1.54, 1.807) is 7.11 Å². The van der Waals surface area contributed by atoms with E-state index in [2.05, 4.69) is 26.1 Å². The SMILES string of the molecule is COCCCC[C@@](O)(c1cccc2nc(C(C)(C)C)oc12)[C@@H]1CCCNC1. The predicted molar refractivity (Wildman–Crippen MR) is 108 cm³/mol. The molecule has 1 aromatic carbocycles. The van der Waals surface area contributed by atoms with E-state index in [4.69, 9.17) is 14.1 Å². The molecule has 2 aromatic rings. The van der Waals surface area contributed by atoms with Gasteiger partial charge in [0.2, 0.25) is 5.89 Å². The minimum absolute atomic E-state index is 0.167. The minimum atomic E-state index is -0.921. The molecule has 0 spiro atoms. The van der Waals surface area contributed by atoms with Gasteiger partial charge in [0.05, 0.1) is 5.60 Å². The number of aromatic nitrogens is 1. The van der Waals surface area contributed by atoms with Crippen LogP contribution in [0.4, 0.5) is 0 Å². The van der Waals surface area contributed by atoms with Crippen LogP contribution in [0.1, 0.15) is 64.3 Å². The van der Waals surface area contributed by atoms with E-state index in [1.807, 2.05) is 18.2 Å². The van der Waals surface area contributed by atoms with Gasteiger partial charge in [-0.25, -0.2) is 4.98 Å². The first-order chi connectivity index (χ1) is 12.9. The summed E-state index contributed by atoms with van der Waals surface area (Å²) in [6, 6.07) is 5.98. The number of methoxy groups -OCH3 is 1. The van der Waals surface area contributed by atoms with Crippen molar-refractivity contribution in [3.05, 3.63) is 29.7 Å². The molecule has 2 N–H and O–H groups in total. The Labute approximate surface area is 162 Å². The van der Waals surface area contributed by atoms with Crippen molar-refractivity contribution in [1.82, 2.24) is 10.3 Å². The number of para-hydroxylation sites is 1. The number of rotatable bonds is 7. The van der Waals surface area contributed by atoms with E-state index in [1.165, 1.54) is 0 Å². The summed E-state index contributed by atoms with van der Waals surface area (Å²) >= 11 is 0. The summed E-state index contributed by atoms with van der Waals surface area (Å²) in [6.45, 7) is 8.87. The van der Waals surface area contributed by atoms with Crippen LogP contribution in [0, 0.1) is 5.92 Å². The zero-order chi connectivity index (χ0) is 19.5. The lowest BCUT2D eigenvalue weighted by Crippen LogP contribution is -2.44. The molecule has 0 amide bonds. The summed E-state index contributed by atoms with van der Waals surface area (Å²) < 4.78 is 11.4. The second-order valence-corrected chi connectivity index (χ2v) is 8.84. The molecule has 5 heteroatoms. The van der Waals surface area contributed by atoms with E-state index < -0.39 is 5.60 Å². The average molecular weight is 375 g/mol. The Morgan fingerprint density at radius 1 is 1.30 bits per heavy atom. The summed E-state index contributed by atoms with van der Waals surface area (Å²) in [4.78, 5) is 4.70. The van der Waals surface area contributed by atoms with E-state index >= 15 is 0 Å². The number of ether oxygens (including phenoxy) is 1. The van der Waals surface area contributed by atoms with Gasteiger partial charge in [0.25, 0.3) is 0 Å². The number of hydrogen-bond acceptors (Lipinski definition) is 5. The highest BCUT2D eigenvalue weighted by Gasteiger charge is 2.41. The molecular formula is C22H34N2O3. The Morgan fingerprint density at radius 3 is 2.78 bits per heavy atom. The van der Waals surface area contributed by atoms with Crippen molar-refractivity contribution < 1.29 is 14.3 Å². The molecule has 1 aromatic heterocycles. The number of nitrogens with zero attached hydrogens (tertiary/aromatic N) is 1.